The third-order valence-electron chi connectivity index (χ3n) is 4.52. The molecule has 0 unspecified atom stereocenters. The molecule has 4 rings (SSSR count). The van der Waals surface area contributed by atoms with Crippen molar-refractivity contribution in [3.8, 4) is 11.1 Å². The maximum absolute atomic E-state index is 4.61. The van der Waals surface area contributed by atoms with E-state index in [1.54, 1.807) is 0 Å². The van der Waals surface area contributed by atoms with E-state index < -0.39 is 0 Å². The van der Waals surface area contributed by atoms with E-state index in [-0.39, 0.29) is 0 Å². The van der Waals surface area contributed by atoms with Crippen molar-refractivity contribution in [2.24, 2.45) is 7.05 Å². The van der Waals surface area contributed by atoms with Crippen LogP contribution in [0.2, 0.25) is 0 Å². The van der Waals surface area contributed by atoms with Crippen molar-refractivity contribution >= 4 is 16.7 Å². The lowest BCUT2D eigenvalue weighted by atomic mass is 9.98. The number of nitrogens with one attached hydrogen (secondary N) is 1. The van der Waals surface area contributed by atoms with Crippen LogP contribution in [0.3, 0.4) is 0 Å². The van der Waals surface area contributed by atoms with Crippen LogP contribution in [0.25, 0.3) is 22.2 Å². The first kappa shape index (κ1) is 15.4. The van der Waals surface area contributed by atoms with Gasteiger partial charge >= 0.3 is 0 Å². The highest BCUT2D eigenvalue weighted by Crippen LogP contribution is 2.35. The highest BCUT2D eigenvalue weighted by Gasteiger charge is 2.15. The summed E-state index contributed by atoms with van der Waals surface area (Å²) in [6.07, 6.45) is 6.68. The van der Waals surface area contributed by atoms with E-state index in [9.17, 15) is 0 Å². The third kappa shape index (κ3) is 2.76. The molecule has 25 heavy (non-hydrogen) atoms. The Bertz CT molecular complexity index is 1020. The molecule has 0 atom stereocenters. The zero-order valence-electron chi connectivity index (χ0n) is 14.4. The first-order chi connectivity index (χ1) is 12.3. The van der Waals surface area contributed by atoms with Crippen molar-refractivity contribution in [1.82, 2.24) is 14.5 Å². The van der Waals surface area contributed by atoms with Crippen LogP contribution in [0, 0.1) is 0 Å². The molecule has 0 saturated carbocycles. The molecule has 0 aliphatic rings. The van der Waals surface area contributed by atoms with Gasteiger partial charge in [0.25, 0.3) is 0 Å². The Morgan fingerprint density at radius 3 is 2.56 bits per heavy atom. The van der Waals surface area contributed by atoms with Crippen LogP contribution in [-0.2, 0) is 13.5 Å². The Morgan fingerprint density at radius 2 is 1.76 bits per heavy atom. The normalized spacial score (nSPS) is 11.0. The highest BCUT2D eigenvalue weighted by molar-refractivity contribution is 5.99. The zero-order chi connectivity index (χ0) is 17.2. The first-order valence-electron chi connectivity index (χ1n) is 8.38. The summed E-state index contributed by atoms with van der Waals surface area (Å²) in [7, 11) is 4.00. The second-order valence-electron chi connectivity index (χ2n) is 6.12. The van der Waals surface area contributed by atoms with E-state index in [1.807, 2.05) is 44.7 Å². The monoisotopic (exact) mass is 328 g/mol. The Hall–Kier alpha value is -3.14. The number of benzene rings is 1. The van der Waals surface area contributed by atoms with Gasteiger partial charge in [-0.1, -0.05) is 24.3 Å². The van der Waals surface area contributed by atoms with Gasteiger partial charge in [0.1, 0.15) is 5.65 Å². The minimum Gasteiger partial charge on any atom is -0.388 e. The largest absolute Gasteiger partial charge is 0.388 e. The van der Waals surface area contributed by atoms with Gasteiger partial charge in [0, 0.05) is 61.4 Å². The molecule has 3 heterocycles. The van der Waals surface area contributed by atoms with Crippen LogP contribution in [0.5, 0.6) is 0 Å². The molecule has 4 aromatic rings. The van der Waals surface area contributed by atoms with E-state index in [2.05, 4.69) is 56.4 Å². The number of fused-ring (bicyclic) bond motifs is 1. The van der Waals surface area contributed by atoms with E-state index in [0.717, 1.165) is 23.4 Å². The SMILES string of the molecule is CNc1ccccc1-c1ccnc2c1c(Cc1ccccn1)cn2C. The fourth-order valence-electron chi connectivity index (χ4n) is 3.39. The number of rotatable bonds is 4. The standard InChI is InChI=1S/C21H20N4/c1-22-19-9-4-3-8-17(19)18-10-12-24-21-20(18)15(14-25(21)2)13-16-7-5-6-11-23-16/h3-12,14,22H,13H2,1-2H3. The van der Waals surface area contributed by atoms with Crippen LogP contribution < -0.4 is 5.32 Å². The number of hydrogen-bond acceptors (Lipinski definition) is 3. The van der Waals surface area contributed by atoms with Crippen molar-refractivity contribution in [1.29, 1.82) is 0 Å². The van der Waals surface area contributed by atoms with Gasteiger partial charge in [-0.25, -0.2) is 4.98 Å². The smallest absolute Gasteiger partial charge is 0.140 e. The maximum atomic E-state index is 4.61. The Kier molecular flexibility index (Phi) is 3.94. The molecule has 0 radical (unpaired) electrons. The van der Waals surface area contributed by atoms with Gasteiger partial charge < -0.3 is 9.88 Å². The fraction of sp³-hybridized carbons (Fsp3) is 0.143. The molecule has 124 valence electrons. The van der Waals surface area contributed by atoms with Crippen LogP contribution in [0.1, 0.15) is 11.3 Å². The molecule has 4 nitrogen and oxygen atoms in total. The van der Waals surface area contributed by atoms with Crippen molar-refractivity contribution in [3.63, 3.8) is 0 Å². The van der Waals surface area contributed by atoms with Crippen LogP contribution in [0.15, 0.2) is 67.1 Å². The van der Waals surface area contributed by atoms with E-state index in [1.165, 1.54) is 22.1 Å². The van der Waals surface area contributed by atoms with Crippen molar-refractivity contribution < 1.29 is 0 Å². The third-order valence-corrected chi connectivity index (χ3v) is 4.52. The summed E-state index contributed by atoms with van der Waals surface area (Å²) in [6, 6.07) is 16.5. The van der Waals surface area contributed by atoms with Crippen LogP contribution >= 0.6 is 0 Å². The molecule has 3 aromatic heterocycles. The number of para-hydroxylation sites is 1. The second-order valence-corrected chi connectivity index (χ2v) is 6.12. The topological polar surface area (TPSA) is 42.7 Å². The first-order valence-corrected chi connectivity index (χ1v) is 8.38. The predicted octanol–water partition coefficient (Wildman–Crippen LogP) is 4.27. The summed E-state index contributed by atoms with van der Waals surface area (Å²) in [5.74, 6) is 0. The van der Waals surface area contributed by atoms with Crippen molar-refractivity contribution in [3.05, 3.63) is 78.4 Å². The summed E-state index contributed by atoms with van der Waals surface area (Å²) in [6.45, 7) is 0. The van der Waals surface area contributed by atoms with Gasteiger partial charge in [0.05, 0.1) is 0 Å². The molecule has 0 aliphatic heterocycles. The average Bonchev–Trinajstić information content (AvgIpc) is 2.98. The van der Waals surface area contributed by atoms with Gasteiger partial charge in [0.15, 0.2) is 0 Å². The molecule has 1 N–H and O–H groups in total. The lowest BCUT2D eigenvalue weighted by molar-refractivity contribution is 0.937. The van der Waals surface area contributed by atoms with E-state index >= 15 is 0 Å². The molecule has 0 amide bonds. The molecule has 0 spiro atoms. The minimum absolute atomic E-state index is 0.790. The molecule has 0 aliphatic carbocycles. The molecule has 1 aromatic carbocycles. The quantitative estimate of drug-likeness (QED) is 0.608. The van der Waals surface area contributed by atoms with Crippen LogP contribution in [-0.4, -0.2) is 21.6 Å². The van der Waals surface area contributed by atoms with Gasteiger partial charge in [-0.3, -0.25) is 4.98 Å². The van der Waals surface area contributed by atoms with Gasteiger partial charge in [-0.2, -0.15) is 0 Å². The van der Waals surface area contributed by atoms with E-state index in [0.29, 0.717) is 0 Å². The second kappa shape index (κ2) is 6.40. The van der Waals surface area contributed by atoms with Crippen molar-refractivity contribution in [2.45, 2.75) is 6.42 Å². The number of anilines is 1. The summed E-state index contributed by atoms with van der Waals surface area (Å²) in [4.78, 5) is 9.09. The Balaban J connectivity index is 1.94. The molecular formula is C21H20N4. The summed E-state index contributed by atoms with van der Waals surface area (Å²) >= 11 is 0. The predicted molar refractivity (Wildman–Crippen MR) is 103 cm³/mol. The molecular weight excluding hydrogens is 308 g/mol. The maximum Gasteiger partial charge on any atom is 0.140 e. The summed E-state index contributed by atoms with van der Waals surface area (Å²) in [5.41, 5.74) is 6.79. The number of hydrogen-bond donors (Lipinski definition) is 1. The lowest BCUT2D eigenvalue weighted by Gasteiger charge is -2.11. The lowest BCUT2D eigenvalue weighted by Crippen LogP contribution is -1.94. The zero-order valence-corrected chi connectivity index (χ0v) is 14.4. The van der Waals surface area contributed by atoms with Crippen molar-refractivity contribution in [2.75, 3.05) is 12.4 Å². The number of aromatic nitrogens is 3. The fourth-order valence-corrected chi connectivity index (χ4v) is 3.39. The summed E-state index contributed by atoms with van der Waals surface area (Å²) in [5, 5.41) is 4.49. The van der Waals surface area contributed by atoms with Gasteiger partial charge in [-0.05, 0) is 35.4 Å². The molecule has 0 saturated heterocycles. The minimum atomic E-state index is 0.790. The number of pyridine rings is 2. The Morgan fingerprint density at radius 1 is 0.920 bits per heavy atom. The highest BCUT2D eigenvalue weighted by atomic mass is 15.0. The number of nitrogens with zero attached hydrogens (tertiary/aromatic N) is 3. The molecule has 0 fully saturated rings. The van der Waals surface area contributed by atoms with Gasteiger partial charge in [0.2, 0.25) is 0 Å². The Labute approximate surface area is 147 Å². The van der Waals surface area contributed by atoms with Crippen LogP contribution in [0.4, 0.5) is 5.69 Å². The van der Waals surface area contributed by atoms with E-state index in [4.69, 9.17) is 0 Å². The summed E-state index contributed by atoms with van der Waals surface area (Å²) < 4.78 is 2.10. The molecule has 4 heteroatoms. The van der Waals surface area contributed by atoms with Gasteiger partial charge in [-0.15, -0.1) is 0 Å². The average molecular weight is 328 g/mol. The number of aryl methyl sites for hydroxylation is 1. The molecule has 0 bridgehead atoms.